The molecular formula is C10H12N8O. The first kappa shape index (κ1) is 11.4. The first-order chi connectivity index (χ1) is 9.13. The smallest absolute Gasteiger partial charge is 0.340 e. The van der Waals surface area contributed by atoms with Gasteiger partial charge in [-0.2, -0.15) is 10.2 Å². The van der Waals surface area contributed by atoms with Crippen molar-refractivity contribution in [1.82, 2.24) is 35.3 Å². The lowest BCUT2D eigenvalue weighted by Crippen LogP contribution is -2.20. The lowest BCUT2D eigenvalue weighted by Gasteiger charge is -2.17. The van der Waals surface area contributed by atoms with E-state index in [-0.39, 0.29) is 5.69 Å². The Bertz CT molecular complexity index is 769. The van der Waals surface area contributed by atoms with Crippen LogP contribution in [0.5, 0.6) is 0 Å². The average Bonchev–Trinajstić information content (AvgIpc) is 2.96. The molecule has 0 amide bonds. The van der Waals surface area contributed by atoms with Gasteiger partial charge in [0.25, 0.3) is 0 Å². The average molecular weight is 260 g/mol. The number of fused-ring (bicyclic) bond motifs is 1. The second-order valence-electron chi connectivity index (χ2n) is 4.21. The quantitative estimate of drug-likeness (QED) is 0.595. The van der Waals surface area contributed by atoms with Gasteiger partial charge in [-0.15, -0.1) is 0 Å². The van der Waals surface area contributed by atoms with E-state index in [0.29, 0.717) is 23.8 Å². The molecule has 98 valence electrons. The molecular weight excluding hydrogens is 248 g/mol. The van der Waals surface area contributed by atoms with Gasteiger partial charge < -0.3 is 4.90 Å². The number of anilines is 1. The topological polar surface area (TPSA) is 119 Å². The monoisotopic (exact) mass is 260 g/mol. The molecule has 0 saturated heterocycles. The standard InChI is InChI=1S/C10H12N8O/c1-5-12-8-6(3-11-16-8)9(13-5)18(2)4-7-14-10(19)17-15-7/h3H,4H2,1-2H3,(H,11,12,13,16)(H2,14,15,17,19). The Morgan fingerprint density at radius 1 is 1.32 bits per heavy atom. The van der Waals surface area contributed by atoms with Crippen LogP contribution in [0, 0.1) is 6.92 Å². The van der Waals surface area contributed by atoms with Gasteiger partial charge in [-0.3, -0.25) is 10.1 Å². The van der Waals surface area contributed by atoms with Crippen molar-refractivity contribution in [3.8, 4) is 0 Å². The van der Waals surface area contributed by atoms with Crippen molar-refractivity contribution in [3.63, 3.8) is 0 Å². The third-order valence-electron chi connectivity index (χ3n) is 2.70. The van der Waals surface area contributed by atoms with Crippen LogP contribution in [-0.2, 0) is 6.54 Å². The second kappa shape index (κ2) is 4.19. The first-order valence-electron chi connectivity index (χ1n) is 5.66. The van der Waals surface area contributed by atoms with E-state index >= 15 is 0 Å². The molecule has 3 aromatic rings. The maximum Gasteiger partial charge on any atom is 0.340 e. The molecule has 19 heavy (non-hydrogen) atoms. The molecule has 0 aromatic carbocycles. The van der Waals surface area contributed by atoms with Gasteiger partial charge in [-0.05, 0) is 6.92 Å². The molecule has 0 unspecified atom stereocenters. The molecule has 0 fully saturated rings. The van der Waals surface area contributed by atoms with Gasteiger partial charge in [0, 0.05) is 7.05 Å². The highest BCUT2D eigenvalue weighted by atomic mass is 16.1. The molecule has 9 heteroatoms. The summed E-state index contributed by atoms with van der Waals surface area (Å²) in [6, 6.07) is 0. The molecule has 3 rings (SSSR count). The Morgan fingerprint density at radius 2 is 2.16 bits per heavy atom. The van der Waals surface area contributed by atoms with Gasteiger partial charge in [-0.1, -0.05) is 0 Å². The number of H-pyrrole nitrogens is 3. The van der Waals surface area contributed by atoms with Crippen LogP contribution in [-0.4, -0.2) is 42.4 Å². The molecule has 0 bridgehead atoms. The van der Waals surface area contributed by atoms with Gasteiger partial charge in [0.05, 0.1) is 18.1 Å². The van der Waals surface area contributed by atoms with Crippen molar-refractivity contribution in [1.29, 1.82) is 0 Å². The Balaban J connectivity index is 1.98. The van der Waals surface area contributed by atoms with E-state index in [4.69, 9.17) is 0 Å². The van der Waals surface area contributed by atoms with Crippen molar-refractivity contribution in [2.45, 2.75) is 13.5 Å². The molecule has 0 saturated carbocycles. The molecule has 0 aliphatic carbocycles. The fraction of sp³-hybridized carbons (Fsp3) is 0.300. The van der Waals surface area contributed by atoms with E-state index in [2.05, 4.69) is 35.3 Å². The number of hydrogen-bond acceptors (Lipinski definition) is 6. The highest BCUT2D eigenvalue weighted by molar-refractivity contribution is 5.86. The van der Waals surface area contributed by atoms with Gasteiger partial charge in [0.1, 0.15) is 17.5 Å². The summed E-state index contributed by atoms with van der Waals surface area (Å²) in [5.41, 5.74) is 0.362. The summed E-state index contributed by atoms with van der Waals surface area (Å²) < 4.78 is 0. The number of rotatable bonds is 3. The minimum atomic E-state index is -0.323. The van der Waals surface area contributed by atoms with E-state index in [1.807, 2.05) is 18.9 Å². The minimum absolute atomic E-state index is 0.323. The van der Waals surface area contributed by atoms with E-state index in [9.17, 15) is 4.79 Å². The second-order valence-corrected chi connectivity index (χ2v) is 4.21. The number of aryl methyl sites for hydroxylation is 1. The number of aromatic amines is 3. The van der Waals surface area contributed by atoms with Gasteiger partial charge in [0.2, 0.25) is 0 Å². The SMILES string of the molecule is Cc1nc(N(C)Cc2n[nH]c(=O)[nH]2)c2cn[nH]c2n1. The van der Waals surface area contributed by atoms with Crippen molar-refractivity contribution in [2.24, 2.45) is 0 Å². The summed E-state index contributed by atoms with van der Waals surface area (Å²) in [6.45, 7) is 2.24. The molecule has 3 heterocycles. The van der Waals surface area contributed by atoms with Crippen LogP contribution >= 0.6 is 0 Å². The van der Waals surface area contributed by atoms with Crippen molar-refractivity contribution >= 4 is 16.9 Å². The van der Waals surface area contributed by atoms with Gasteiger partial charge in [-0.25, -0.2) is 19.9 Å². The van der Waals surface area contributed by atoms with Crippen molar-refractivity contribution < 1.29 is 0 Å². The normalized spacial score (nSPS) is 11.1. The molecule has 0 spiro atoms. The van der Waals surface area contributed by atoms with Gasteiger partial charge >= 0.3 is 5.69 Å². The van der Waals surface area contributed by atoms with Crippen LogP contribution in [0.3, 0.4) is 0 Å². The Morgan fingerprint density at radius 3 is 2.89 bits per heavy atom. The largest absolute Gasteiger partial charge is 0.351 e. The summed E-state index contributed by atoms with van der Waals surface area (Å²) >= 11 is 0. The highest BCUT2D eigenvalue weighted by Crippen LogP contribution is 2.21. The van der Waals surface area contributed by atoms with Crippen LogP contribution in [0.2, 0.25) is 0 Å². The highest BCUT2D eigenvalue weighted by Gasteiger charge is 2.13. The van der Waals surface area contributed by atoms with Crippen LogP contribution in [0.15, 0.2) is 11.0 Å². The van der Waals surface area contributed by atoms with E-state index in [1.165, 1.54) is 0 Å². The van der Waals surface area contributed by atoms with Crippen molar-refractivity contribution in [3.05, 3.63) is 28.3 Å². The molecule has 9 nitrogen and oxygen atoms in total. The fourth-order valence-electron chi connectivity index (χ4n) is 1.90. The van der Waals surface area contributed by atoms with E-state index in [0.717, 1.165) is 11.2 Å². The Labute approximate surface area is 107 Å². The third-order valence-corrected chi connectivity index (χ3v) is 2.70. The summed E-state index contributed by atoms with van der Waals surface area (Å²) in [5, 5.41) is 13.8. The zero-order valence-electron chi connectivity index (χ0n) is 10.4. The number of hydrogen-bond donors (Lipinski definition) is 3. The van der Waals surface area contributed by atoms with Gasteiger partial charge in [0.15, 0.2) is 5.65 Å². The minimum Gasteiger partial charge on any atom is -0.351 e. The summed E-state index contributed by atoms with van der Waals surface area (Å²) in [6.07, 6.45) is 1.67. The summed E-state index contributed by atoms with van der Waals surface area (Å²) in [7, 11) is 1.86. The number of aromatic nitrogens is 7. The fourth-order valence-corrected chi connectivity index (χ4v) is 1.90. The Kier molecular flexibility index (Phi) is 2.51. The lowest BCUT2D eigenvalue weighted by atomic mass is 10.3. The predicted molar refractivity (Wildman–Crippen MR) is 67.7 cm³/mol. The molecule has 0 atom stereocenters. The predicted octanol–water partition coefficient (Wildman–Crippen LogP) is -0.291. The van der Waals surface area contributed by atoms with Crippen molar-refractivity contribution in [2.75, 3.05) is 11.9 Å². The number of nitrogens with one attached hydrogen (secondary N) is 3. The zero-order chi connectivity index (χ0) is 13.4. The molecule has 3 N–H and O–H groups in total. The molecule has 0 aliphatic heterocycles. The summed E-state index contributed by atoms with van der Waals surface area (Å²) in [4.78, 5) is 24.1. The van der Waals surface area contributed by atoms with Crippen LogP contribution in [0.1, 0.15) is 11.6 Å². The maximum atomic E-state index is 11.0. The number of nitrogens with zero attached hydrogens (tertiary/aromatic N) is 5. The van der Waals surface area contributed by atoms with E-state index < -0.39 is 0 Å². The summed E-state index contributed by atoms with van der Waals surface area (Å²) in [5.74, 6) is 1.93. The third kappa shape index (κ3) is 2.05. The van der Waals surface area contributed by atoms with Crippen LogP contribution in [0.4, 0.5) is 5.82 Å². The first-order valence-corrected chi connectivity index (χ1v) is 5.66. The lowest BCUT2D eigenvalue weighted by molar-refractivity contribution is 0.828. The van der Waals surface area contributed by atoms with E-state index in [1.54, 1.807) is 6.20 Å². The van der Waals surface area contributed by atoms with Crippen LogP contribution < -0.4 is 10.6 Å². The zero-order valence-corrected chi connectivity index (χ0v) is 10.4. The molecule has 0 aliphatic rings. The molecule has 3 aromatic heterocycles. The van der Waals surface area contributed by atoms with Crippen LogP contribution in [0.25, 0.3) is 11.0 Å². The molecule has 0 radical (unpaired) electrons. The maximum absolute atomic E-state index is 11.0. The Hall–Kier alpha value is -2.71.